The number of alkyl halides is 1. The van der Waals surface area contributed by atoms with Crippen LogP contribution in [0.4, 0.5) is 4.39 Å². The SMILES string of the molecule is CC1CCN(P)CC1F. The third kappa shape index (κ3) is 1.87. The van der Waals surface area contributed by atoms with Gasteiger partial charge in [-0.1, -0.05) is 16.3 Å². The highest BCUT2D eigenvalue weighted by Crippen LogP contribution is 2.21. The van der Waals surface area contributed by atoms with Gasteiger partial charge in [-0.15, -0.1) is 0 Å². The van der Waals surface area contributed by atoms with Crippen molar-refractivity contribution in [3.05, 3.63) is 0 Å². The van der Waals surface area contributed by atoms with Gasteiger partial charge in [0.05, 0.1) is 0 Å². The minimum absolute atomic E-state index is 0.266. The molecule has 3 atom stereocenters. The van der Waals surface area contributed by atoms with E-state index in [9.17, 15) is 4.39 Å². The Labute approximate surface area is 57.9 Å². The fourth-order valence-corrected chi connectivity index (χ4v) is 1.40. The minimum Gasteiger partial charge on any atom is -0.284 e. The zero-order valence-electron chi connectivity index (χ0n) is 5.68. The van der Waals surface area contributed by atoms with E-state index in [0.29, 0.717) is 6.54 Å². The summed E-state index contributed by atoms with van der Waals surface area (Å²) in [5.74, 6) is 0.266. The average molecular weight is 149 g/mol. The zero-order valence-corrected chi connectivity index (χ0v) is 6.83. The van der Waals surface area contributed by atoms with Crippen LogP contribution >= 0.6 is 9.39 Å². The predicted molar refractivity (Wildman–Crippen MR) is 40.0 cm³/mol. The Bertz CT molecular complexity index is 99.1. The Morgan fingerprint density at radius 1 is 1.67 bits per heavy atom. The van der Waals surface area contributed by atoms with Gasteiger partial charge in [-0.05, 0) is 12.3 Å². The van der Waals surface area contributed by atoms with Gasteiger partial charge in [0.2, 0.25) is 0 Å². The Morgan fingerprint density at radius 3 is 2.78 bits per heavy atom. The third-order valence-electron chi connectivity index (χ3n) is 1.90. The maximum Gasteiger partial charge on any atom is 0.116 e. The first-order chi connectivity index (χ1) is 4.20. The Balaban J connectivity index is 2.35. The van der Waals surface area contributed by atoms with Gasteiger partial charge in [0, 0.05) is 13.1 Å². The number of nitrogens with zero attached hydrogens (tertiary/aromatic N) is 1. The molecule has 1 aliphatic rings. The van der Waals surface area contributed by atoms with Crippen LogP contribution in [0, 0.1) is 5.92 Å². The lowest BCUT2D eigenvalue weighted by Crippen LogP contribution is -2.34. The van der Waals surface area contributed by atoms with E-state index in [-0.39, 0.29) is 5.92 Å². The normalized spacial score (nSPS) is 39.0. The number of hydrogen-bond donors (Lipinski definition) is 0. The van der Waals surface area contributed by atoms with Crippen LogP contribution in [0.15, 0.2) is 0 Å². The molecule has 0 N–H and O–H groups in total. The molecule has 3 unspecified atom stereocenters. The van der Waals surface area contributed by atoms with Crippen molar-refractivity contribution in [2.75, 3.05) is 13.1 Å². The van der Waals surface area contributed by atoms with Crippen molar-refractivity contribution in [1.82, 2.24) is 4.67 Å². The summed E-state index contributed by atoms with van der Waals surface area (Å²) in [4.78, 5) is 0. The summed E-state index contributed by atoms with van der Waals surface area (Å²) in [6.45, 7) is 3.58. The monoisotopic (exact) mass is 149 g/mol. The molecule has 54 valence electrons. The summed E-state index contributed by atoms with van der Waals surface area (Å²) < 4.78 is 14.7. The zero-order chi connectivity index (χ0) is 6.85. The highest BCUT2D eigenvalue weighted by atomic mass is 31.0. The summed E-state index contributed by atoms with van der Waals surface area (Å²) >= 11 is 0. The fourth-order valence-electron chi connectivity index (χ4n) is 1.05. The fraction of sp³-hybridized carbons (Fsp3) is 1.00. The standard InChI is InChI=1S/C6H13FNP/c1-5-2-3-8(9)4-6(5)7/h5-6H,2-4,9H2,1H3. The molecule has 1 aliphatic heterocycles. The number of rotatable bonds is 0. The van der Waals surface area contributed by atoms with Crippen molar-refractivity contribution in [3.8, 4) is 0 Å². The first-order valence-electron chi connectivity index (χ1n) is 3.34. The van der Waals surface area contributed by atoms with Gasteiger partial charge in [0.15, 0.2) is 0 Å². The van der Waals surface area contributed by atoms with Gasteiger partial charge >= 0.3 is 0 Å². The first-order valence-corrected chi connectivity index (χ1v) is 3.85. The van der Waals surface area contributed by atoms with Crippen molar-refractivity contribution in [2.45, 2.75) is 19.5 Å². The van der Waals surface area contributed by atoms with E-state index in [1.54, 1.807) is 0 Å². The molecular formula is C6H13FNP. The van der Waals surface area contributed by atoms with E-state index in [0.717, 1.165) is 13.0 Å². The molecule has 0 aromatic carbocycles. The van der Waals surface area contributed by atoms with Crippen molar-refractivity contribution in [1.29, 1.82) is 0 Å². The van der Waals surface area contributed by atoms with Crippen LogP contribution in [0.2, 0.25) is 0 Å². The van der Waals surface area contributed by atoms with Gasteiger partial charge in [-0.3, -0.25) is 4.67 Å². The second-order valence-corrected chi connectivity index (χ2v) is 3.51. The molecule has 1 heterocycles. The van der Waals surface area contributed by atoms with Crippen LogP contribution in [0.3, 0.4) is 0 Å². The third-order valence-corrected chi connectivity index (χ3v) is 2.37. The molecular weight excluding hydrogens is 136 g/mol. The Hall–Kier alpha value is 0.320. The maximum absolute atomic E-state index is 12.8. The second kappa shape index (κ2) is 2.94. The highest BCUT2D eigenvalue weighted by Gasteiger charge is 2.23. The molecule has 1 saturated heterocycles. The van der Waals surface area contributed by atoms with E-state index in [4.69, 9.17) is 0 Å². The smallest absolute Gasteiger partial charge is 0.116 e. The lowest BCUT2D eigenvalue weighted by Gasteiger charge is -2.29. The summed E-state index contributed by atoms with van der Waals surface area (Å²) in [5.41, 5.74) is 0. The van der Waals surface area contributed by atoms with Crippen molar-refractivity contribution < 1.29 is 4.39 Å². The lowest BCUT2D eigenvalue weighted by molar-refractivity contribution is 0.150. The van der Waals surface area contributed by atoms with Crippen LogP contribution in [0.1, 0.15) is 13.3 Å². The number of piperidine rings is 1. The average Bonchev–Trinajstić information content (AvgIpc) is 1.80. The Kier molecular flexibility index (Phi) is 2.42. The molecule has 0 aliphatic carbocycles. The minimum atomic E-state index is -0.615. The largest absolute Gasteiger partial charge is 0.284 e. The molecule has 0 aromatic rings. The van der Waals surface area contributed by atoms with Gasteiger partial charge in [0.1, 0.15) is 6.17 Å². The first kappa shape index (κ1) is 7.43. The molecule has 0 bridgehead atoms. The second-order valence-electron chi connectivity index (χ2n) is 2.78. The number of halogens is 1. The van der Waals surface area contributed by atoms with Crippen LogP contribution in [0.5, 0.6) is 0 Å². The Morgan fingerprint density at radius 2 is 2.33 bits per heavy atom. The molecule has 0 aromatic heterocycles. The lowest BCUT2D eigenvalue weighted by atomic mass is 9.99. The molecule has 9 heavy (non-hydrogen) atoms. The van der Waals surface area contributed by atoms with Crippen molar-refractivity contribution in [2.24, 2.45) is 5.92 Å². The van der Waals surface area contributed by atoms with Gasteiger partial charge in [0.25, 0.3) is 0 Å². The van der Waals surface area contributed by atoms with Crippen molar-refractivity contribution >= 4 is 9.39 Å². The maximum atomic E-state index is 12.8. The van der Waals surface area contributed by atoms with Gasteiger partial charge in [-0.2, -0.15) is 0 Å². The molecule has 0 spiro atoms. The summed E-state index contributed by atoms with van der Waals surface area (Å²) in [6.07, 6.45) is 0.376. The molecule has 0 saturated carbocycles. The van der Waals surface area contributed by atoms with Crippen molar-refractivity contribution in [3.63, 3.8) is 0 Å². The molecule has 0 amide bonds. The molecule has 0 radical (unpaired) electrons. The van der Waals surface area contributed by atoms with E-state index < -0.39 is 6.17 Å². The molecule has 3 heteroatoms. The van der Waals surface area contributed by atoms with E-state index in [1.807, 2.05) is 11.6 Å². The number of hydrogen-bond acceptors (Lipinski definition) is 1. The quantitative estimate of drug-likeness (QED) is 0.471. The summed E-state index contributed by atoms with van der Waals surface area (Å²) in [7, 11) is 2.54. The summed E-state index contributed by atoms with van der Waals surface area (Å²) in [5, 5.41) is 0. The van der Waals surface area contributed by atoms with Crippen LogP contribution in [-0.2, 0) is 0 Å². The molecule has 1 fully saturated rings. The van der Waals surface area contributed by atoms with E-state index in [1.165, 1.54) is 0 Å². The van der Waals surface area contributed by atoms with Gasteiger partial charge in [-0.25, -0.2) is 4.39 Å². The van der Waals surface area contributed by atoms with E-state index >= 15 is 0 Å². The topological polar surface area (TPSA) is 3.24 Å². The van der Waals surface area contributed by atoms with Crippen LogP contribution < -0.4 is 0 Å². The summed E-state index contributed by atoms with van der Waals surface area (Å²) in [6, 6.07) is 0. The van der Waals surface area contributed by atoms with Crippen LogP contribution in [-0.4, -0.2) is 23.9 Å². The van der Waals surface area contributed by atoms with Crippen LogP contribution in [0.25, 0.3) is 0 Å². The van der Waals surface area contributed by atoms with Gasteiger partial charge < -0.3 is 0 Å². The predicted octanol–water partition coefficient (Wildman–Crippen LogP) is 1.46. The molecule has 1 rings (SSSR count). The van der Waals surface area contributed by atoms with E-state index in [2.05, 4.69) is 9.39 Å². The molecule has 1 nitrogen and oxygen atoms in total. The highest BCUT2D eigenvalue weighted by molar-refractivity contribution is 7.13.